The molecule has 2 aromatic carbocycles. The van der Waals surface area contributed by atoms with Gasteiger partial charge in [-0.15, -0.1) is 0 Å². The highest BCUT2D eigenvalue weighted by molar-refractivity contribution is 5.60. The summed E-state index contributed by atoms with van der Waals surface area (Å²) >= 11 is 0. The summed E-state index contributed by atoms with van der Waals surface area (Å²) in [6, 6.07) is 19.5. The number of likely N-dealkylation sites (tertiary alicyclic amines) is 1. The normalized spacial score (nSPS) is 16.0. The summed E-state index contributed by atoms with van der Waals surface area (Å²) in [5.74, 6) is 0. The molecule has 0 amide bonds. The van der Waals surface area contributed by atoms with E-state index in [0.29, 0.717) is 6.04 Å². The van der Waals surface area contributed by atoms with Crippen LogP contribution in [0.15, 0.2) is 67.3 Å². The van der Waals surface area contributed by atoms with E-state index in [4.69, 9.17) is 0 Å². The minimum atomic E-state index is 0.497. The number of benzene rings is 2. The van der Waals surface area contributed by atoms with Crippen molar-refractivity contribution in [2.75, 3.05) is 18.4 Å². The lowest BCUT2D eigenvalue weighted by molar-refractivity contribution is 0.211. The molecule has 0 aliphatic carbocycles. The lowest BCUT2D eigenvalue weighted by Gasteiger charge is -2.33. The number of anilines is 1. The third-order valence-corrected chi connectivity index (χ3v) is 4.77. The highest BCUT2D eigenvalue weighted by Crippen LogP contribution is 2.23. The summed E-state index contributed by atoms with van der Waals surface area (Å²) in [6.07, 6.45) is 5.61. The van der Waals surface area contributed by atoms with Crippen LogP contribution in [-0.4, -0.2) is 38.8 Å². The third kappa shape index (κ3) is 3.88. The Balaban J connectivity index is 1.36. The molecule has 0 spiro atoms. The highest BCUT2D eigenvalue weighted by atomic mass is 15.3. The fraction of sp³-hybridized carbons (Fsp3) is 0.300. The van der Waals surface area contributed by atoms with Crippen molar-refractivity contribution in [1.29, 1.82) is 0 Å². The molecule has 25 heavy (non-hydrogen) atoms. The summed E-state index contributed by atoms with van der Waals surface area (Å²) < 4.78 is 1.81. The van der Waals surface area contributed by atoms with E-state index in [1.807, 2.05) is 10.7 Å². The molecule has 1 fully saturated rings. The maximum absolute atomic E-state index is 4.26. The maximum Gasteiger partial charge on any atom is 0.138 e. The predicted octanol–water partition coefficient (Wildman–Crippen LogP) is 3.34. The molecule has 0 saturated carbocycles. The van der Waals surface area contributed by atoms with Crippen molar-refractivity contribution in [3.05, 3.63) is 72.8 Å². The van der Waals surface area contributed by atoms with Crippen molar-refractivity contribution in [2.24, 2.45) is 0 Å². The first-order valence-electron chi connectivity index (χ1n) is 8.85. The molecule has 0 bridgehead atoms. The number of piperidine rings is 1. The summed E-state index contributed by atoms with van der Waals surface area (Å²) in [5, 5.41) is 7.96. The summed E-state index contributed by atoms with van der Waals surface area (Å²) in [7, 11) is 0. The van der Waals surface area contributed by atoms with Gasteiger partial charge in [0.1, 0.15) is 12.7 Å². The van der Waals surface area contributed by atoms with E-state index in [9.17, 15) is 0 Å². The quantitative estimate of drug-likeness (QED) is 0.778. The Labute approximate surface area is 148 Å². The lowest BCUT2D eigenvalue weighted by atomic mass is 10.0. The molecule has 0 atom stereocenters. The van der Waals surface area contributed by atoms with Gasteiger partial charge >= 0.3 is 0 Å². The van der Waals surface area contributed by atoms with Gasteiger partial charge in [0.15, 0.2) is 0 Å². The van der Waals surface area contributed by atoms with Crippen LogP contribution in [0.4, 0.5) is 5.69 Å². The molecule has 2 heterocycles. The molecular formula is C20H23N5. The number of hydrogen-bond donors (Lipinski definition) is 1. The first-order chi connectivity index (χ1) is 12.4. The summed E-state index contributed by atoms with van der Waals surface area (Å²) in [5.41, 5.74) is 3.56. The predicted molar refractivity (Wildman–Crippen MR) is 99.7 cm³/mol. The Kier molecular flexibility index (Phi) is 4.74. The monoisotopic (exact) mass is 333 g/mol. The molecule has 1 saturated heterocycles. The molecule has 128 valence electrons. The molecule has 0 radical (unpaired) electrons. The summed E-state index contributed by atoms with van der Waals surface area (Å²) in [4.78, 5) is 6.59. The number of rotatable bonds is 5. The van der Waals surface area contributed by atoms with Crippen molar-refractivity contribution >= 4 is 5.69 Å². The van der Waals surface area contributed by atoms with Gasteiger partial charge in [-0.2, -0.15) is 5.10 Å². The van der Waals surface area contributed by atoms with Gasteiger partial charge in [0.25, 0.3) is 0 Å². The Morgan fingerprint density at radius 3 is 2.48 bits per heavy atom. The molecule has 1 aliphatic heterocycles. The Hall–Kier alpha value is -2.66. The molecule has 4 rings (SSSR count). The van der Waals surface area contributed by atoms with Gasteiger partial charge in [-0.25, -0.2) is 9.67 Å². The largest absolute Gasteiger partial charge is 0.380 e. The summed E-state index contributed by atoms with van der Waals surface area (Å²) in [6.45, 7) is 3.29. The van der Waals surface area contributed by atoms with Gasteiger partial charge < -0.3 is 5.32 Å². The van der Waals surface area contributed by atoms with E-state index in [2.05, 4.69) is 68.8 Å². The molecular weight excluding hydrogens is 310 g/mol. The van der Waals surface area contributed by atoms with Gasteiger partial charge in [0.05, 0.1) is 11.4 Å². The van der Waals surface area contributed by atoms with Crippen molar-refractivity contribution in [3.63, 3.8) is 0 Å². The van der Waals surface area contributed by atoms with E-state index in [-0.39, 0.29) is 0 Å². The van der Waals surface area contributed by atoms with Crippen molar-refractivity contribution in [2.45, 2.75) is 25.4 Å². The second-order valence-corrected chi connectivity index (χ2v) is 6.54. The van der Waals surface area contributed by atoms with Crippen molar-refractivity contribution in [1.82, 2.24) is 19.7 Å². The molecule has 3 aromatic rings. The SMILES string of the molecule is c1ccc(CN2CCC(Nc3ccccc3-n3cncn3)CC2)cc1. The van der Waals surface area contributed by atoms with E-state index in [0.717, 1.165) is 43.9 Å². The Bertz CT molecular complexity index is 777. The van der Waals surface area contributed by atoms with E-state index in [1.54, 1.807) is 12.7 Å². The number of nitrogens with zero attached hydrogens (tertiary/aromatic N) is 4. The molecule has 1 aliphatic rings. The van der Waals surface area contributed by atoms with Crippen LogP contribution < -0.4 is 5.32 Å². The maximum atomic E-state index is 4.26. The third-order valence-electron chi connectivity index (χ3n) is 4.77. The van der Waals surface area contributed by atoms with E-state index in [1.165, 1.54) is 5.56 Å². The van der Waals surface area contributed by atoms with Crippen LogP contribution in [0.25, 0.3) is 5.69 Å². The average Bonchev–Trinajstić information content (AvgIpc) is 3.19. The topological polar surface area (TPSA) is 46.0 Å². The fourth-order valence-corrected chi connectivity index (χ4v) is 3.43. The van der Waals surface area contributed by atoms with E-state index < -0.39 is 0 Å². The van der Waals surface area contributed by atoms with Crippen LogP contribution in [0.1, 0.15) is 18.4 Å². The van der Waals surface area contributed by atoms with Crippen LogP contribution in [0.2, 0.25) is 0 Å². The Morgan fingerprint density at radius 2 is 1.72 bits per heavy atom. The van der Waals surface area contributed by atoms with Crippen LogP contribution in [-0.2, 0) is 6.54 Å². The van der Waals surface area contributed by atoms with Crippen LogP contribution in [0.5, 0.6) is 0 Å². The van der Waals surface area contributed by atoms with E-state index >= 15 is 0 Å². The number of nitrogens with one attached hydrogen (secondary N) is 1. The minimum Gasteiger partial charge on any atom is -0.380 e. The highest BCUT2D eigenvalue weighted by Gasteiger charge is 2.20. The van der Waals surface area contributed by atoms with Crippen LogP contribution >= 0.6 is 0 Å². The first kappa shape index (κ1) is 15.8. The van der Waals surface area contributed by atoms with Gasteiger partial charge in [-0.05, 0) is 30.5 Å². The zero-order valence-corrected chi connectivity index (χ0v) is 14.3. The molecule has 5 heteroatoms. The second-order valence-electron chi connectivity index (χ2n) is 6.54. The average molecular weight is 333 g/mol. The minimum absolute atomic E-state index is 0.497. The van der Waals surface area contributed by atoms with Gasteiger partial charge in [0, 0.05) is 25.7 Å². The van der Waals surface area contributed by atoms with Gasteiger partial charge in [-0.1, -0.05) is 42.5 Å². The van der Waals surface area contributed by atoms with Crippen molar-refractivity contribution < 1.29 is 0 Å². The first-order valence-corrected chi connectivity index (χ1v) is 8.85. The Morgan fingerprint density at radius 1 is 0.960 bits per heavy atom. The second kappa shape index (κ2) is 7.49. The molecule has 1 aromatic heterocycles. The molecule has 1 N–H and O–H groups in total. The standard InChI is InChI=1S/C20H23N5/c1-2-6-17(7-3-1)14-24-12-10-18(11-13-24)23-19-8-4-5-9-20(19)25-16-21-15-22-25/h1-9,15-16,18,23H,10-14H2. The van der Waals surface area contributed by atoms with Crippen LogP contribution in [0.3, 0.4) is 0 Å². The molecule has 5 nitrogen and oxygen atoms in total. The number of para-hydroxylation sites is 2. The molecule has 0 unspecified atom stereocenters. The zero-order chi connectivity index (χ0) is 16.9. The smallest absolute Gasteiger partial charge is 0.138 e. The van der Waals surface area contributed by atoms with Gasteiger partial charge in [0.2, 0.25) is 0 Å². The number of aromatic nitrogens is 3. The zero-order valence-electron chi connectivity index (χ0n) is 14.3. The lowest BCUT2D eigenvalue weighted by Crippen LogP contribution is -2.38. The van der Waals surface area contributed by atoms with Crippen LogP contribution in [0, 0.1) is 0 Å². The van der Waals surface area contributed by atoms with Gasteiger partial charge in [-0.3, -0.25) is 4.90 Å². The van der Waals surface area contributed by atoms with Crippen molar-refractivity contribution in [3.8, 4) is 5.69 Å². The fourth-order valence-electron chi connectivity index (χ4n) is 3.43. The number of hydrogen-bond acceptors (Lipinski definition) is 4.